The van der Waals surface area contributed by atoms with E-state index in [1.807, 2.05) is 31.3 Å². The van der Waals surface area contributed by atoms with Crippen LogP contribution in [0.5, 0.6) is 0 Å². The molecule has 1 aliphatic heterocycles. The van der Waals surface area contributed by atoms with E-state index in [9.17, 15) is 9.59 Å². The van der Waals surface area contributed by atoms with Crippen molar-refractivity contribution in [3.63, 3.8) is 0 Å². The molecule has 1 amide bonds. The molecule has 3 nitrogen and oxygen atoms in total. The molecule has 0 spiro atoms. The normalized spacial score (nSPS) is 14.8. The van der Waals surface area contributed by atoms with E-state index in [2.05, 4.69) is 6.07 Å². The van der Waals surface area contributed by atoms with E-state index >= 15 is 0 Å². The summed E-state index contributed by atoms with van der Waals surface area (Å²) >= 11 is 0. The molecule has 0 radical (unpaired) electrons. The monoisotopic (exact) mass is 257 g/mol. The molecule has 0 saturated carbocycles. The maximum atomic E-state index is 11.6. The molecule has 0 aromatic heterocycles. The Bertz CT molecular complexity index is 532. The molecule has 1 aromatic carbocycles. The fraction of sp³-hybridized carbons (Fsp3) is 0.375. The number of fused-ring (bicyclic) bond motifs is 1. The second-order valence-electron chi connectivity index (χ2n) is 4.98. The molecule has 0 atom stereocenters. The zero-order valence-electron chi connectivity index (χ0n) is 11.5. The summed E-state index contributed by atoms with van der Waals surface area (Å²) in [7, 11) is 1.82. The minimum atomic E-state index is 0.178. The molecule has 0 aliphatic carbocycles. The molecule has 0 saturated heterocycles. The van der Waals surface area contributed by atoms with Crippen LogP contribution >= 0.6 is 0 Å². The Hall–Kier alpha value is -1.90. The average molecular weight is 257 g/mol. The van der Waals surface area contributed by atoms with Crippen molar-refractivity contribution in [2.24, 2.45) is 0 Å². The third-order valence-electron chi connectivity index (χ3n) is 3.42. The number of amides is 1. The summed E-state index contributed by atoms with van der Waals surface area (Å²) in [5.74, 6) is 0.396. The van der Waals surface area contributed by atoms with Gasteiger partial charge in [0.1, 0.15) is 5.78 Å². The van der Waals surface area contributed by atoms with Crippen molar-refractivity contribution in [3.05, 3.63) is 35.4 Å². The van der Waals surface area contributed by atoms with Gasteiger partial charge in [-0.1, -0.05) is 18.2 Å². The van der Waals surface area contributed by atoms with Gasteiger partial charge in [-0.15, -0.1) is 0 Å². The van der Waals surface area contributed by atoms with E-state index in [-0.39, 0.29) is 11.7 Å². The SMILES string of the molecule is CC(=O)CC/C=C/c1ccc2c(c1)CCC(=O)N2C. The van der Waals surface area contributed by atoms with Gasteiger partial charge in [0.2, 0.25) is 5.91 Å². The zero-order valence-corrected chi connectivity index (χ0v) is 11.5. The van der Waals surface area contributed by atoms with Gasteiger partial charge in [-0.2, -0.15) is 0 Å². The molecule has 19 heavy (non-hydrogen) atoms. The van der Waals surface area contributed by atoms with Crippen LogP contribution in [-0.2, 0) is 16.0 Å². The van der Waals surface area contributed by atoms with E-state index in [4.69, 9.17) is 0 Å². The number of hydrogen-bond acceptors (Lipinski definition) is 2. The Balaban J connectivity index is 2.09. The number of allylic oxidation sites excluding steroid dienone is 1. The maximum absolute atomic E-state index is 11.6. The molecule has 100 valence electrons. The summed E-state index contributed by atoms with van der Waals surface area (Å²) in [5.41, 5.74) is 3.36. The molecule has 0 fully saturated rings. The molecule has 0 unspecified atom stereocenters. The van der Waals surface area contributed by atoms with Crippen molar-refractivity contribution < 1.29 is 9.59 Å². The van der Waals surface area contributed by atoms with Gasteiger partial charge in [-0.05, 0) is 43.0 Å². The highest BCUT2D eigenvalue weighted by molar-refractivity contribution is 5.96. The lowest BCUT2D eigenvalue weighted by molar-refractivity contribution is -0.118. The predicted octanol–water partition coefficient (Wildman–Crippen LogP) is 2.98. The minimum absolute atomic E-state index is 0.178. The van der Waals surface area contributed by atoms with Crippen LogP contribution in [0, 0.1) is 0 Å². The topological polar surface area (TPSA) is 37.4 Å². The summed E-state index contributed by atoms with van der Waals surface area (Å²) in [6.45, 7) is 1.61. The van der Waals surface area contributed by atoms with Crippen molar-refractivity contribution in [2.45, 2.75) is 32.6 Å². The van der Waals surface area contributed by atoms with Gasteiger partial charge < -0.3 is 9.69 Å². The molecule has 1 aliphatic rings. The van der Waals surface area contributed by atoms with Crippen molar-refractivity contribution in [2.75, 3.05) is 11.9 Å². The van der Waals surface area contributed by atoms with Crippen molar-refractivity contribution in [1.29, 1.82) is 0 Å². The standard InChI is InChI=1S/C16H19NO2/c1-12(18)5-3-4-6-13-7-9-15-14(11-13)8-10-16(19)17(15)2/h4,6-7,9,11H,3,5,8,10H2,1-2H3/b6-4+. The van der Waals surface area contributed by atoms with Gasteiger partial charge in [0, 0.05) is 25.6 Å². The Kier molecular flexibility index (Phi) is 4.15. The number of ketones is 1. The highest BCUT2D eigenvalue weighted by atomic mass is 16.2. The van der Waals surface area contributed by atoms with Crippen molar-refractivity contribution in [1.82, 2.24) is 0 Å². The number of benzene rings is 1. The van der Waals surface area contributed by atoms with Crippen molar-refractivity contribution >= 4 is 23.5 Å². The molecule has 1 aromatic rings. The summed E-state index contributed by atoms with van der Waals surface area (Å²) in [6, 6.07) is 6.14. The van der Waals surface area contributed by atoms with Crippen LogP contribution in [-0.4, -0.2) is 18.7 Å². The third kappa shape index (κ3) is 3.31. The summed E-state index contributed by atoms with van der Waals surface area (Å²) < 4.78 is 0. The first-order valence-electron chi connectivity index (χ1n) is 6.63. The van der Waals surface area contributed by atoms with E-state index < -0.39 is 0 Å². The van der Waals surface area contributed by atoms with Crippen LogP contribution in [0.1, 0.15) is 37.3 Å². The summed E-state index contributed by atoms with van der Waals surface area (Å²) in [4.78, 5) is 24.2. The average Bonchev–Trinajstić information content (AvgIpc) is 2.39. The van der Waals surface area contributed by atoms with Crippen LogP contribution in [0.25, 0.3) is 6.08 Å². The van der Waals surface area contributed by atoms with Gasteiger partial charge in [-0.25, -0.2) is 0 Å². The van der Waals surface area contributed by atoms with Crippen LogP contribution in [0.4, 0.5) is 5.69 Å². The smallest absolute Gasteiger partial charge is 0.227 e. The third-order valence-corrected chi connectivity index (χ3v) is 3.42. The van der Waals surface area contributed by atoms with Gasteiger partial charge in [-0.3, -0.25) is 4.79 Å². The second kappa shape index (κ2) is 5.83. The summed E-state index contributed by atoms with van der Waals surface area (Å²) in [5, 5.41) is 0. The minimum Gasteiger partial charge on any atom is -0.315 e. The zero-order chi connectivity index (χ0) is 13.8. The van der Waals surface area contributed by atoms with Gasteiger partial charge >= 0.3 is 0 Å². The lowest BCUT2D eigenvalue weighted by atomic mass is 9.99. The molecular formula is C16H19NO2. The van der Waals surface area contributed by atoms with Gasteiger partial charge in [0.05, 0.1) is 0 Å². The number of anilines is 1. The quantitative estimate of drug-likeness (QED) is 0.831. The Morgan fingerprint density at radius 3 is 2.89 bits per heavy atom. The second-order valence-corrected chi connectivity index (χ2v) is 4.98. The maximum Gasteiger partial charge on any atom is 0.227 e. The molecule has 1 heterocycles. The lowest BCUT2D eigenvalue weighted by Gasteiger charge is -2.25. The van der Waals surface area contributed by atoms with Gasteiger partial charge in [0.25, 0.3) is 0 Å². The van der Waals surface area contributed by atoms with E-state index in [1.165, 1.54) is 5.56 Å². The molecule has 0 bridgehead atoms. The number of carbonyl (C=O) groups is 2. The number of carbonyl (C=O) groups excluding carboxylic acids is 2. The van der Waals surface area contributed by atoms with E-state index in [1.54, 1.807) is 11.8 Å². The predicted molar refractivity (Wildman–Crippen MR) is 77.1 cm³/mol. The molecule has 2 rings (SSSR count). The van der Waals surface area contributed by atoms with Crippen LogP contribution < -0.4 is 4.90 Å². The Labute approximate surface area is 113 Å². The Morgan fingerprint density at radius 1 is 1.37 bits per heavy atom. The van der Waals surface area contributed by atoms with Crippen LogP contribution in [0.2, 0.25) is 0 Å². The van der Waals surface area contributed by atoms with Gasteiger partial charge in [0.15, 0.2) is 0 Å². The highest BCUT2D eigenvalue weighted by Crippen LogP contribution is 2.27. The van der Waals surface area contributed by atoms with Crippen molar-refractivity contribution in [3.8, 4) is 0 Å². The molecule has 3 heteroatoms. The van der Waals surface area contributed by atoms with Crippen LogP contribution in [0.15, 0.2) is 24.3 Å². The first-order chi connectivity index (χ1) is 9.08. The number of nitrogens with zero attached hydrogens (tertiary/aromatic N) is 1. The first kappa shape index (κ1) is 13.5. The number of rotatable bonds is 4. The first-order valence-corrected chi connectivity index (χ1v) is 6.63. The fourth-order valence-electron chi connectivity index (χ4n) is 2.29. The number of aryl methyl sites for hydroxylation is 1. The van der Waals surface area contributed by atoms with E-state index in [0.29, 0.717) is 12.8 Å². The largest absolute Gasteiger partial charge is 0.315 e. The Morgan fingerprint density at radius 2 is 2.16 bits per heavy atom. The lowest BCUT2D eigenvalue weighted by Crippen LogP contribution is -2.30. The van der Waals surface area contributed by atoms with Crippen LogP contribution in [0.3, 0.4) is 0 Å². The number of hydrogen-bond donors (Lipinski definition) is 0. The molecular weight excluding hydrogens is 238 g/mol. The summed E-state index contributed by atoms with van der Waals surface area (Å²) in [6.07, 6.45) is 6.85. The fourth-order valence-corrected chi connectivity index (χ4v) is 2.29. The number of Topliss-reactive ketones (excluding diaryl/α,β-unsaturated/α-hetero) is 1. The molecule has 0 N–H and O–H groups in total. The van der Waals surface area contributed by atoms with E-state index in [0.717, 1.165) is 24.1 Å². The highest BCUT2D eigenvalue weighted by Gasteiger charge is 2.20.